The van der Waals surface area contributed by atoms with Crippen molar-refractivity contribution in [1.29, 1.82) is 0 Å². The van der Waals surface area contributed by atoms with Crippen molar-refractivity contribution in [3.8, 4) is 0 Å². The van der Waals surface area contributed by atoms with Crippen LogP contribution in [0.2, 0.25) is 0 Å². The van der Waals surface area contributed by atoms with Crippen LogP contribution in [0.5, 0.6) is 0 Å². The monoisotopic (exact) mass is 196 g/mol. The standard InChI is InChI=1S/C6H12N2OS.ClH/c1-4(2)6(7)8-10-5(3)9;/h4H,1-3H3,(H2,7,8);1H. The molecule has 0 radical (unpaired) electrons. The molecule has 0 fully saturated rings. The largest absolute Gasteiger partial charge is 0.386 e. The number of carbonyl (C=O) groups is 1. The molecule has 2 N–H and O–H groups in total. The molecule has 0 saturated carbocycles. The van der Waals surface area contributed by atoms with Crippen LogP contribution < -0.4 is 5.73 Å². The molecule has 11 heavy (non-hydrogen) atoms. The zero-order valence-electron chi connectivity index (χ0n) is 6.83. The average molecular weight is 197 g/mol. The van der Waals surface area contributed by atoms with Gasteiger partial charge in [-0.05, 0) is 0 Å². The van der Waals surface area contributed by atoms with Crippen LogP contribution in [0.15, 0.2) is 4.40 Å². The Kier molecular flexibility index (Phi) is 7.89. The smallest absolute Gasteiger partial charge is 0.208 e. The van der Waals surface area contributed by atoms with E-state index in [1.165, 1.54) is 6.92 Å². The van der Waals surface area contributed by atoms with Gasteiger partial charge in [-0.25, -0.2) is 0 Å². The lowest BCUT2D eigenvalue weighted by Gasteiger charge is -2.00. The van der Waals surface area contributed by atoms with Gasteiger partial charge >= 0.3 is 0 Å². The van der Waals surface area contributed by atoms with E-state index >= 15 is 0 Å². The molecule has 0 atom stereocenters. The number of nitrogens with two attached hydrogens (primary N) is 1. The van der Waals surface area contributed by atoms with Gasteiger partial charge in [0.25, 0.3) is 0 Å². The highest BCUT2D eigenvalue weighted by atomic mass is 35.5. The van der Waals surface area contributed by atoms with Gasteiger partial charge in [0.15, 0.2) is 0 Å². The molecule has 0 unspecified atom stereocenters. The van der Waals surface area contributed by atoms with E-state index in [1.54, 1.807) is 0 Å². The van der Waals surface area contributed by atoms with Crippen molar-refractivity contribution in [3.63, 3.8) is 0 Å². The van der Waals surface area contributed by atoms with E-state index in [0.717, 1.165) is 11.9 Å². The van der Waals surface area contributed by atoms with Crippen LogP contribution in [0.1, 0.15) is 20.8 Å². The maximum Gasteiger partial charge on any atom is 0.208 e. The number of halogens is 1. The Labute approximate surface area is 77.4 Å². The molecule has 0 aliphatic carbocycles. The van der Waals surface area contributed by atoms with Crippen molar-refractivity contribution in [2.75, 3.05) is 0 Å². The minimum absolute atomic E-state index is 0. The molecule has 0 aromatic rings. The van der Waals surface area contributed by atoms with Gasteiger partial charge in [-0.2, -0.15) is 4.40 Å². The average Bonchev–Trinajstić information content (AvgIpc) is 1.82. The second kappa shape index (κ2) is 6.49. The number of amidine groups is 1. The van der Waals surface area contributed by atoms with E-state index in [4.69, 9.17) is 5.73 Å². The molecule has 0 aliphatic heterocycles. The SMILES string of the molecule is CC(=O)S/N=C(/N)C(C)C.Cl. The summed E-state index contributed by atoms with van der Waals surface area (Å²) in [6.45, 7) is 5.32. The Morgan fingerprint density at radius 2 is 2.00 bits per heavy atom. The molecule has 0 saturated heterocycles. The van der Waals surface area contributed by atoms with Crippen molar-refractivity contribution in [3.05, 3.63) is 0 Å². The molecular weight excluding hydrogens is 184 g/mol. The predicted molar refractivity (Wildman–Crippen MR) is 52.0 cm³/mol. The first-order chi connectivity index (χ1) is 4.54. The molecule has 0 spiro atoms. The van der Waals surface area contributed by atoms with Crippen LogP contribution in [0.4, 0.5) is 0 Å². The maximum atomic E-state index is 10.4. The van der Waals surface area contributed by atoms with Gasteiger partial charge < -0.3 is 5.73 Å². The molecular formula is C6H13ClN2OS. The van der Waals surface area contributed by atoms with Gasteiger partial charge in [-0.1, -0.05) is 13.8 Å². The number of rotatable bonds is 2. The van der Waals surface area contributed by atoms with Crippen molar-refractivity contribution < 1.29 is 4.79 Å². The van der Waals surface area contributed by atoms with E-state index in [9.17, 15) is 4.79 Å². The number of nitrogens with zero attached hydrogens (tertiary/aromatic N) is 1. The summed E-state index contributed by atoms with van der Waals surface area (Å²) in [4.78, 5) is 10.4. The quantitative estimate of drug-likeness (QED) is 0.415. The lowest BCUT2D eigenvalue weighted by Crippen LogP contribution is -2.17. The fraction of sp³-hybridized carbons (Fsp3) is 0.667. The third-order valence-electron chi connectivity index (χ3n) is 0.871. The maximum absolute atomic E-state index is 10.4. The van der Waals surface area contributed by atoms with Crippen molar-refractivity contribution >= 4 is 35.3 Å². The van der Waals surface area contributed by atoms with E-state index < -0.39 is 0 Å². The highest BCUT2D eigenvalue weighted by Crippen LogP contribution is 2.04. The Morgan fingerprint density at radius 3 is 2.27 bits per heavy atom. The summed E-state index contributed by atoms with van der Waals surface area (Å²) >= 11 is 0.892. The molecule has 0 aliphatic rings. The molecule has 3 nitrogen and oxygen atoms in total. The fourth-order valence-electron chi connectivity index (χ4n) is 0.222. The Balaban J connectivity index is 0. The van der Waals surface area contributed by atoms with Crippen LogP contribution in [0.25, 0.3) is 0 Å². The first-order valence-electron chi connectivity index (χ1n) is 3.05. The predicted octanol–water partition coefficient (Wildman–Crippen LogP) is 1.62. The number of hydrogen-bond donors (Lipinski definition) is 1. The van der Waals surface area contributed by atoms with Gasteiger partial charge in [0.1, 0.15) is 5.84 Å². The first kappa shape index (κ1) is 13.4. The van der Waals surface area contributed by atoms with E-state index in [-0.39, 0.29) is 23.4 Å². The summed E-state index contributed by atoms with van der Waals surface area (Å²) in [6, 6.07) is 0. The first-order valence-corrected chi connectivity index (χ1v) is 3.82. The normalized spacial score (nSPS) is 11.1. The lowest BCUT2D eigenvalue weighted by atomic mass is 10.2. The second-order valence-corrected chi connectivity index (χ2v) is 3.19. The van der Waals surface area contributed by atoms with Gasteiger partial charge in [0, 0.05) is 12.8 Å². The Bertz CT molecular complexity index is 159. The topological polar surface area (TPSA) is 55.5 Å². The molecule has 0 aromatic heterocycles. The minimum Gasteiger partial charge on any atom is -0.386 e. The summed E-state index contributed by atoms with van der Waals surface area (Å²) in [5.41, 5.74) is 5.44. The Morgan fingerprint density at radius 1 is 1.55 bits per heavy atom. The highest BCUT2D eigenvalue weighted by Gasteiger charge is 1.99. The summed E-state index contributed by atoms with van der Waals surface area (Å²) in [6.07, 6.45) is 0. The molecule has 0 aromatic carbocycles. The molecule has 0 amide bonds. The third-order valence-corrected chi connectivity index (χ3v) is 1.43. The van der Waals surface area contributed by atoms with E-state index in [0.29, 0.717) is 5.84 Å². The molecule has 0 heterocycles. The fourth-order valence-corrected chi connectivity index (χ4v) is 0.667. The van der Waals surface area contributed by atoms with Crippen LogP contribution in [-0.4, -0.2) is 11.0 Å². The van der Waals surface area contributed by atoms with Crippen molar-refractivity contribution in [1.82, 2.24) is 0 Å². The Hall–Kier alpha value is -0.220. The molecule has 5 heteroatoms. The summed E-state index contributed by atoms with van der Waals surface area (Å²) < 4.78 is 3.78. The third kappa shape index (κ3) is 7.68. The summed E-state index contributed by atoms with van der Waals surface area (Å²) in [5, 5.41) is -0.0383. The van der Waals surface area contributed by atoms with Crippen molar-refractivity contribution in [2.24, 2.45) is 16.0 Å². The lowest BCUT2D eigenvalue weighted by molar-refractivity contribution is -0.109. The minimum atomic E-state index is -0.0383. The summed E-state index contributed by atoms with van der Waals surface area (Å²) in [7, 11) is 0. The second-order valence-electron chi connectivity index (χ2n) is 2.25. The molecule has 0 bridgehead atoms. The number of carbonyl (C=O) groups excluding carboxylic acids is 1. The van der Waals surface area contributed by atoms with Gasteiger partial charge in [0.2, 0.25) is 5.12 Å². The van der Waals surface area contributed by atoms with Gasteiger partial charge in [0.05, 0.1) is 11.9 Å². The molecule has 0 rings (SSSR count). The summed E-state index contributed by atoms with van der Waals surface area (Å²) in [5.74, 6) is 0.729. The highest BCUT2D eigenvalue weighted by molar-refractivity contribution is 8.12. The zero-order chi connectivity index (χ0) is 8.15. The number of hydrogen-bond acceptors (Lipinski definition) is 3. The van der Waals surface area contributed by atoms with Crippen LogP contribution in [-0.2, 0) is 4.79 Å². The van der Waals surface area contributed by atoms with Crippen LogP contribution in [0, 0.1) is 5.92 Å². The van der Waals surface area contributed by atoms with E-state index in [2.05, 4.69) is 4.40 Å². The van der Waals surface area contributed by atoms with Gasteiger partial charge in [-0.15, -0.1) is 12.4 Å². The van der Waals surface area contributed by atoms with Crippen molar-refractivity contribution in [2.45, 2.75) is 20.8 Å². The van der Waals surface area contributed by atoms with Crippen LogP contribution in [0.3, 0.4) is 0 Å². The van der Waals surface area contributed by atoms with E-state index in [1.807, 2.05) is 13.8 Å². The zero-order valence-corrected chi connectivity index (χ0v) is 8.46. The molecule has 66 valence electrons. The van der Waals surface area contributed by atoms with Gasteiger partial charge in [-0.3, -0.25) is 4.79 Å². The van der Waals surface area contributed by atoms with Crippen LogP contribution >= 0.6 is 24.4 Å².